The zero-order chi connectivity index (χ0) is 11.0. The summed E-state index contributed by atoms with van der Waals surface area (Å²) in [5.41, 5.74) is 8.79. The summed E-state index contributed by atoms with van der Waals surface area (Å²) in [6, 6.07) is 2.18. The van der Waals surface area contributed by atoms with Crippen LogP contribution in [0.4, 0.5) is 5.82 Å². The Bertz CT molecular complexity index is 419. The molecule has 3 heteroatoms. The molecule has 0 saturated heterocycles. The van der Waals surface area contributed by atoms with Gasteiger partial charge in [-0.05, 0) is 31.7 Å². The Morgan fingerprint density at radius 1 is 1.47 bits per heavy atom. The van der Waals surface area contributed by atoms with Gasteiger partial charge < -0.3 is 10.3 Å². The number of aromatic nitrogens is 1. The van der Waals surface area contributed by atoms with Crippen LogP contribution in [0.3, 0.4) is 0 Å². The van der Waals surface area contributed by atoms with Gasteiger partial charge in [0.2, 0.25) is 0 Å². The topological polar surface area (TPSA) is 54.7 Å². The summed E-state index contributed by atoms with van der Waals surface area (Å²) in [5, 5.41) is 8.98. The van der Waals surface area contributed by atoms with Crippen LogP contribution in [0.1, 0.15) is 36.1 Å². The first-order valence-electron chi connectivity index (χ1n) is 5.50. The van der Waals surface area contributed by atoms with Crippen molar-refractivity contribution in [3.8, 4) is 6.07 Å². The molecule has 1 saturated carbocycles. The molecule has 0 aromatic carbocycles. The van der Waals surface area contributed by atoms with E-state index in [2.05, 4.69) is 10.6 Å². The second kappa shape index (κ2) is 3.62. The Kier molecular flexibility index (Phi) is 2.44. The fourth-order valence-electron chi connectivity index (χ4n) is 2.04. The molecular formula is C12H17N3. The van der Waals surface area contributed by atoms with Gasteiger partial charge in [0.15, 0.2) is 0 Å². The summed E-state index contributed by atoms with van der Waals surface area (Å²) < 4.78 is 2.09. The number of rotatable bonds is 3. The molecule has 1 aromatic rings. The van der Waals surface area contributed by atoms with Crippen LogP contribution in [0.5, 0.6) is 0 Å². The molecule has 0 amide bonds. The van der Waals surface area contributed by atoms with E-state index in [4.69, 9.17) is 11.0 Å². The first-order chi connectivity index (χ1) is 7.15. The third kappa shape index (κ3) is 1.72. The third-order valence-electron chi connectivity index (χ3n) is 3.44. The van der Waals surface area contributed by atoms with Crippen LogP contribution < -0.4 is 5.73 Å². The van der Waals surface area contributed by atoms with Gasteiger partial charge in [0.1, 0.15) is 11.9 Å². The molecule has 1 aliphatic carbocycles. The average Bonchev–Trinajstić information content (AvgIpc) is 2.99. The van der Waals surface area contributed by atoms with Crippen molar-refractivity contribution in [3.63, 3.8) is 0 Å². The highest BCUT2D eigenvalue weighted by molar-refractivity contribution is 5.57. The molecular weight excluding hydrogens is 186 g/mol. The van der Waals surface area contributed by atoms with Crippen LogP contribution in [0.15, 0.2) is 0 Å². The quantitative estimate of drug-likeness (QED) is 0.819. The third-order valence-corrected chi connectivity index (χ3v) is 3.44. The summed E-state index contributed by atoms with van der Waals surface area (Å²) in [5.74, 6) is 1.55. The van der Waals surface area contributed by atoms with Gasteiger partial charge in [-0.15, -0.1) is 0 Å². The Labute approximate surface area is 90.5 Å². The molecule has 2 rings (SSSR count). The van der Waals surface area contributed by atoms with Gasteiger partial charge in [-0.1, -0.05) is 12.8 Å². The van der Waals surface area contributed by atoms with Crippen LogP contribution >= 0.6 is 0 Å². The maximum absolute atomic E-state index is 8.98. The molecule has 1 aliphatic rings. The van der Waals surface area contributed by atoms with Gasteiger partial charge in [-0.2, -0.15) is 5.26 Å². The van der Waals surface area contributed by atoms with Crippen LogP contribution in [0, 0.1) is 31.1 Å². The van der Waals surface area contributed by atoms with Gasteiger partial charge in [0.05, 0.1) is 5.56 Å². The smallest absolute Gasteiger partial charge is 0.122 e. The van der Waals surface area contributed by atoms with E-state index in [1.54, 1.807) is 0 Å². The van der Waals surface area contributed by atoms with Crippen molar-refractivity contribution in [1.82, 2.24) is 4.57 Å². The first kappa shape index (κ1) is 10.1. The Morgan fingerprint density at radius 3 is 2.60 bits per heavy atom. The molecule has 1 heterocycles. The van der Waals surface area contributed by atoms with Crippen molar-refractivity contribution in [1.29, 1.82) is 5.26 Å². The lowest BCUT2D eigenvalue weighted by atomic mass is 10.2. The molecule has 80 valence electrons. The Morgan fingerprint density at radius 2 is 2.13 bits per heavy atom. The number of hydrogen-bond acceptors (Lipinski definition) is 2. The maximum Gasteiger partial charge on any atom is 0.122 e. The zero-order valence-electron chi connectivity index (χ0n) is 9.38. The van der Waals surface area contributed by atoms with Crippen LogP contribution in [0.25, 0.3) is 0 Å². The lowest BCUT2D eigenvalue weighted by molar-refractivity contribution is 0.593. The fraction of sp³-hybridized carbons (Fsp3) is 0.583. The van der Waals surface area contributed by atoms with Crippen molar-refractivity contribution in [3.05, 3.63) is 16.8 Å². The van der Waals surface area contributed by atoms with E-state index in [1.165, 1.54) is 19.3 Å². The van der Waals surface area contributed by atoms with Crippen molar-refractivity contribution >= 4 is 5.82 Å². The van der Waals surface area contributed by atoms with Gasteiger partial charge in [-0.25, -0.2) is 0 Å². The van der Waals surface area contributed by atoms with E-state index >= 15 is 0 Å². The molecule has 0 bridgehead atoms. The van der Waals surface area contributed by atoms with Crippen molar-refractivity contribution in [2.75, 3.05) is 5.73 Å². The maximum atomic E-state index is 8.98. The molecule has 2 N–H and O–H groups in total. The monoisotopic (exact) mass is 203 g/mol. The van der Waals surface area contributed by atoms with Gasteiger partial charge >= 0.3 is 0 Å². The second-order valence-corrected chi connectivity index (χ2v) is 4.47. The van der Waals surface area contributed by atoms with E-state index < -0.39 is 0 Å². The molecule has 0 spiro atoms. The molecule has 1 fully saturated rings. The molecule has 0 unspecified atom stereocenters. The Balaban J connectivity index is 2.25. The molecule has 3 nitrogen and oxygen atoms in total. The summed E-state index contributed by atoms with van der Waals surface area (Å²) >= 11 is 0. The highest BCUT2D eigenvalue weighted by Crippen LogP contribution is 2.34. The standard InChI is InChI=1S/C12H17N3/c1-8-9(2)15(6-5-10-3-4-10)12(14)11(8)7-13/h10H,3-6,14H2,1-2H3. The highest BCUT2D eigenvalue weighted by atomic mass is 15.1. The number of nitrogen functional groups attached to an aromatic ring is 1. The Hall–Kier alpha value is -1.43. The summed E-state index contributed by atoms with van der Waals surface area (Å²) in [7, 11) is 0. The van der Waals surface area contributed by atoms with E-state index in [1.807, 2.05) is 13.8 Å². The lowest BCUT2D eigenvalue weighted by Gasteiger charge is -2.07. The minimum Gasteiger partial charge on any atom is -0.384 e. The number of nitrogens with zero attached hydrogens (tertiary/aromatic N) is 2. The summed E-state index contributed by atoms with van der Waals surface area (Å²) in [4.78, 5) is 0. The highest BCUT2D eigenvalue weighted by Gasteiger charge is 2.22. The normalized spacial score (nSPS) is 15.3. The SMILES string of the molecule is Cc1c(C#N)c(N)n(CCC2CC2)c1C. The van der Waals surface area contributed by atoms with Gasteiger partial charge in [0.25, 0.3) is 0 Å². The van der Waals surface area contributed by atoms with E-state index in [9.17, 15) is 0 Å². The van der Waals surface area contributed by atoms with Crippen LogP contribution in [0.2, 0.25) is 0 Å². The molecule has 0 atom stereocenters. The molecule has 15 heavy (non-hydrogen) atoms. The van der Waals surface area contributed by atoms with E-state index in [0.29, 0.717) is 11.4 Å². The lowest BCUT2D eigenvalue weighted by Crippen LogP contribution is -2.05. The van der Waals surface area contributed by atoms with E-state index in [-0.39, 0.29) is 0 Å². The number of hydrogen-bond donors (Lipinski definition) is 1. The van der Waals surface area contributed by atoms with Crippen molar-refractivity contribution < 1.29 is 0 Å². The van der Waals surface area contributed by atoms with Crippen molar-refractivity contribution in [2.24, 2.45) is 5.92 Å². The number of nitrogens with two attached hydrogens (primary N) is 1. The number of nitriles is 1. The predicted octanol–water partition coefficient (Wildman–Crippen LogP) is 2.36. The number of anilines is 1. The van der Waals surface area contributed by atoms with Gasteiger partial charge in [-0.3, -0.25) is 0 Å². The second-order valence-electron chi connectivity index (χ2n) is 4.47. The molecule has 0 radical (unpaired) electrons. The van der Waals surface area contributed by atoms with Crippen LogP contribution in [-0.4, -0.2) is 4.57 Å². The predicted molar refractivity (Wildman–Crippen MR) is 60.4 cm³/mol. The minimum absolute atomic E-state index is 0.646. The van der Waals surface area contributed by atoms with Gasteiger partial charge in [0, 0.05) is 12.2 Å². The first-order valence-corrected chi connectivity index (χ1v) is 5.50. The van der Waals surface area contributed by atoms with Crippen molar-refractivity contribution in [2.45, 2.75) is 39.7 Å². The average molecular weight is 203 g/mol. The van der Waals surface area contributed by atoms with Crippen LogP contribution in [-0.2, 0) is 6.54 Å². The largest absolute Gasteiger partial charge is 0.384 e. The summed E-state index contributed by atoms with van der Waals surface area (Å²) in [6.45, 7) is 4.97. The molecule has 1 aromatic heterocycles. The van der Waals surface area contributed by atoms with E-state index in [0.717, 1.165) is 23.7 Å². The molecule has 0 aliphatic heterocycles. The minimum atomic E-state index is 0.646. The fourth-order valence-corrected chi connectivity index (χ4v) is 2.04. The summed E-state index contributed by atoms with van der Waals surface area (Å²) in [6.07, 6.45) is 3.93. The zero-order valence-corrected chi connectivity index (χ0v) is 9.38.